The molecule has 1 atom stereocenters. The zero-order valence-electron chi connectivity index (χ0n) is 12.4. The molecule has 8 heteroatoms. The summed E-state index contributed by atoms with van der Waals surface area (Å²) in [5.74, 6) is 0. The largest absolute Gasteiger partial charge is 0.472 e. The van der Waals surface area contributed by atoms with Crippen molar-refractivity contribution >= 4 is 13.5 Å². The smallest absolute Gasteiger partial charge is 0.399 e. The molecule has 0 heterocycles. The van der Waals surface area contributed by atoms with Gasteiger partial charge in [0.05, 0.1) is 19.8 Å². The van der Waals surface area contributed by atoms with Crippen LogP contribution in [0.3, 0.4) is 0 Å². The van der Waals surface area contributed by atoms with Gasteiger partial charge in [-0.2, -0.15) is 0 Å². The van der Waals surface area contributed by atoms with Gasteiger partial charge in [0.1, 0.15) is 0 Å². The highest BCUT2D eigenvalue weighted by Crippen LogP contribution is 2.42. The number of aliphatic hydroxyl groups excluding tert-OH is 1. The summed E-state index contributed by atoms with van der Waals surface area (Å²) >= 11 is 0. The second-order valence-electron chi connectivity index (χ2n) is 4.64. The van der Waals surface area contributed by atoms with Gasteiger partial charge >= 0.3 is 7.82 Å². The highest BCUT2D eigenvalue weighted by molar-refractivity contribution is 7.47. The Morgan fingerprint density at radius 1 is 1.33 bits per heavy atom. The molecular weight excluding hydrogens is 295 g/mol. The van der Waals surface area contributed by atoms with E-state index in [1.54, 1.807) is 25.1 Å². The van der Waals surface area contributed by atoms with E-state index in [0.717, 1.165) is 11.1 Å². The third-order valence-corrected chi connectivity index (χ3v) is 3.95. The van der Waals surface area contributed by atoms with Crippen molar-refractivity contribution in [3.8, 4) is 0 Å². The van der Waals surface area contributed by atoms with E-state index in [4.69, 9.17) is 10.3 Å². The minimum atomic E-state index is -3.94. The van der Waals surface area contributed by atoms with Crippen molar-refractivity contribution in [3.05, 3.63) is 29.3 Å². The molecule has 21 heavy (non-hydrogen) atoms. The molecule has 0 amide bonds. The normalized spacial score (nSPS) is 14.3. The fourth-order valence-electron chi connectivity index (χ4n) is 1.83. The molecule has 0 spiro atoms. The van der Waals surface area contributed by atoms with Crippen molar-refractivity contribution in [2.45, 2.75) is 20.1 Å². The molecule has 1 rings (SSSR count). The second kappa shape index (κ2) is 8.48. The van der Waals surface area contributed by atoms with E-state index in [2.05, 4.69) is 4.52 Å². The number of aliphatic hydroxyl groups is 1. The number of phosphoric ester groups is 1. The predicted octanol–water partition coefficient (Wildman–Crippen LogP) is 1.35. The number of phosphoric acid groups is 1. The molecule has 0 aliphatic carbocycles. The van der Waals surface area contributed by atoms with Crippen LogP contribution in [0, 0.1) is 0 Å². The molecule has 0 aromatic heterocycles. The molecule has 0 saturated carbocycles. The van der Waals surface area contributed by atoms with E-state index in [1.807, 2.05) is 11.9 Å². The van der Waals surface area contributed by atoms with Crippen LogP contribution in [-0.4, -0.2) is 41.7 Å². The Morgan fingerprint density at radius 3 is 2.67 bits per heavy atom. The van der Waals surface area contributed by atoms with E-state index in [9.17, 15) is 14.6 Å². The number of anilines is 1. The number of nitrogens with two attached hydrogens (primary N) is 1. The molecule has 120 valence electrons. The number of hydrogen-bond acceptors (Lipinski definition) is 6. The number of hydrogen-bond donors (Lipinski definition) is 3. The molecule has 0 fully saturated rings. The van der Waals surface area contributed by atoms with E-state index in [0.29, 0.717) is 18.8 Å². The molecule has 1 aromatic rings. The monoisotopic (exact) mass is 318 g/mol. The summed E-state index contributed by atoms with van der Waals surface area (Å²) < 4.78 is 20.8. The fraction of sp³-hybridized carbons (Fsp3) is 0.538. The van der Waals surface area contributed by atoms with Crippen LogP contribution in [0.2, 0.25) is 0 Å². The minimum Gasteiger partial charge on any atom is -0.399 e. The zero-order valence-corrected chi connectivity index (χ0v) is 13.3. The van der Waals surface area contributed by atoms with Gasteiger partial charge in [-0.25, -0.2) is 4.57 Å². The first-order valence-electron chi connectivity index (χ1n) is 6.66. The van der Waals surface area contributed by atoms with Crippen LogP contribution >= 0.6 is 7.82 Å². The Morgan fingerprint density at radius 2 is 2.05 bits per heavy atom. The summed E-state index contributed by atoms with van der Waals surface area (Å²) in [5, 5.41) is 9.29. The van der Waals surface area contributed by atoms with Gasteiger partial charge in [-0.3, -0.25) is 13.9 Å². The van der Waals surface area contributed by atoms with Crippen molar-refractivity contribution in [2.75, 3.05) is 32.5 Å². The summed E-state index contributed by atoms with van der Waals surface area (Å²) in [6.45, 7) is 2.74. The SMILES string of the molecule is CCOP(=O)(O)OCCN(C)Cc1cc(N)ccc1CO. The van der Waals surface area contributed by atoms with Gasteiger partial charge in [-0.1, -0.05) is 6.07 Å². The van der Waals surface area contributed by atoms with E-state index >= 15 is 0 Å². The third-order valence-electron chi connectivity index (χ3n) is 2.86. The van der Waals surface area contributed by atoms with Crippen LogP contribution in [0.15, 0.2) is 18.2 Å². The van der Waals surface area contributed by atoms with Gasteiger partial charge in [0.25, 0.3) is 0 Å². The van der Waals surface area contributed by atoms with Crippen LogP contribution in [0.4, 0.5) is 5.69 Å². The van der Waals surface area contributed by atoms with Crippen molar-refractivity contribution in [1.29, 1.82) is 0 Å². The molecule has 0 radical (unpaired) electrons. The standard InChI is InChI=1S/C13H23N2O5P/c1-3-19-21(17,18)20-7-6-15(2)9-12-8-13(14)5-4-11(12)10-16/h4-5,8,16H,3,6-7,9-10,14H2,1-2H3,(H,17,18). The molecule has 7 nitrogen and oxygen atoms in total. The zero-order chi connectivity index (χ0) is 15.9. The molecule has 4 N–H and O–H groups in total. The van der Waals surface area contributed by atoms with Crippen LogP contribution in [0.5, 0.6) is 0 Å². The topological polar surface area (TPSA) is 105 Å². The Hall–Kier alpha value is -0.950. The Balaban J connectivity index is 2.49. The number of nitrogen functional groups attached to an aromatic ring is 1. The summed E-state index contributed by atoms with van der Waals surface area (Å²) in [4.78, 5) is 11.2. The maximum absolute atomic E-state index is 11.3. The van der Waals surface area contributed by atoms with Crippen LogP contribution < -0.4 is 5.73 Å². The van der Waals surface area contributed by atoms with E-state index in [1.165, 1.54) is 0 Å². The molecule has 1 aromatic carbocycles. The van der Waals surface area contributed by atoms with Crippen LogP contribution in [0.25, 0.3) is 0 Å². The lowest BCUT2D eigenvalue weighted by Crippen LogP contribution is -2.23. The van der Waals surface area contributed by atoms with Crippen molar-refractivity contribution in [2.24, 2.45) is 0 Å². The lowest BCUT2D eigenvalue weighted by atomic mass is 10.1. The maximum Gasteiger partial charge on any atom is 0.472 e. The predicted molar refractivity (Wildman–Crippen MR) is 80.5 cm³/mol. The summed E-state index contributed by atoms with van der Waals surface area (Å²) in [5.41, 5.74) is 8.08. The first kappa shape index (κ1) is 18.1. The van der Waals surface area contributed by atoms with E-state index in [-0.39, 0.29) is 19.8 Å². The van der Waals surface area contributed by atoms with Crippen LogP contribution in [0.1, 0.15) is 18.1 Å². The average Bonchev–Trinajstić information content (AvgIpc) is 2.38. The number of likely N-dealkylation sites (N-methyl/N-ethyl adjacent to an activating group) is 1. The Kier molecular flexibility index (Phi) is 7.31. The number of rotatable bonds is 9. The van der Waals surface area contributed by atoms with E-state index < -0.39 is 7.82 Å². The molecular formula is C13H23N2O5P. The summed E-state index contributed by atoms with van der Waals surface area (Å²) in [6.07, 6.45) is 0. The summed E-state index contributed by atoms with van der Waals surface area (Å²) in [6, 6.07) is 5.33. The quantitative estimate of drug-likeness (QED) is 0.466. The van der Waals surface area contributed by atoms with Gasteiger partial charge < -0.3 is 15.7 Å². The molecule has 0 aliphatic rings. The lowest BCUT2D eigenvalue weighted by molar-refractivity contribution is 0.140. The molecule has 0 aliphatic heterocycles. The minimum absolute atomic E-state index is 0.0594. The van der Waals surface area contributed by atoms with Gasteiger partial charge in [0, 0.05) is 18.8 Å². The van der Waals surface area contributed by atoms with Gasteiger partial charge in [0.2, 0.25) is 0 Å². The molecule has 1 unspecified atom stereocenters. The average molecular weight is 318 g/mol. The van der Waals surface area contributed by atoms with Gasteiger partial charge in [-0.15, -0.1) is 0 Å². The summed E-state index contributed by atoms with van der Waals surface area (Å²) in [7, 11) is -2.10. The van der Waals surface area contributed by atoms with Crippen LogP contribution in [-0.2, 0) is 26.8 Å². The number of benzene rings is 1. The highest BCUT2D eigenvalue weighted by atomic mass is 31.2. The van der Waals surface area contributed by atoms with Crippen molar-refractivity contribution in [1.82, 2.24) is 4.90 Å². The van der Waals surface area contributed by atoms with Gasteiger partial charge in [0.15, 0.2) is 0 Å². The van der Waals surface area contributed by atoms with Gasteiger partial charge in [-0.05, 0) is 37.2 Å². The Bertz CT molecular complexity index is 497. The van der Waals surface area contributed by atoms with Crippen molar-refractivity contribution in [3.63, 3.8) is 0 Å². The first-order valence-corrected chi connectivity index (χ1v) is 8.16. The lowest BCUT2D eigenvalue weighted by Gasteiger charge is -2.19. The second-order valence-corrected chi connectivity index (χ2v) is 6.10. The molecule has 0 bridgehead atoms. The maximum atomic E-state index is 11.3. The highest BCUT2D eigenvalue weighted by Gasteiger charge is 2.19. The number of nitrogens with zero attached hydrogens (tertiary/aromatic N) is 1. The third kappa shape index (κ3) is 6.56. The first-order chi connectivity index (χ1) is 9.88. The Labute approximate surface area is 124 Å². The fourth-order valence-corrected chi connectivity index (χ4v) is 2.54. The van der Waals surface area contributed by atoms with Crippen molar-refractivity contribution < 1.29 is 23.6 Å². The molecule has 0 saturated heterocycles.